The Morgan fingerprint density at radius 3 is 2.50 bits per heavy atom. The molecule has 1 aliphatic heterocycles. The molecule has 1 amide bonds. The van der Waals surface area contributed by atoms with Crippen LogP contribution in [0.5, 0.6) is 23.0 Å². The lowest BCUT2D eigenvalue weighted by Gasteiger charge is -2.22. The van der Waals surface area contributed by atoms with Crippen molar-refractivity contribution in [3.63, 3.8) is 0 Å². The van der Waals surface area contributed by atoms with Crippen LogP contribution in [0.15, 0.2) is 36.4 Å². The third-order valence-corrected chi connectivity index (χ3v) is 4.32. The zero-order chi connectivity index (χ0) is 18.5. The van der Waals surface area contributed by atoms with Crippen molar-refractivity contribution in [2.24, 2.45) is 0 Å². The number of hydrogen-bond donors (Lipinski definition) is 1. The maximum Gasteiger partial charge on any atom is 0.252 e. The van der Waals surface area contributed by atoms with E-state index in [4.69, 9.17) is 18.9 Å². The average molecular weight is 357 g/mol. The minimum absolute atomic E-state index is 0.104. The Labute approximate surface area is 153 Å². The van der Waals surface area contributed by atoms with Gasteiger partial charge in [0.15, 0.2) is 11.5 Å². The van der Waals surface area contributed by atoms with E-state index in [2.05, 4.69) is 5.32 Å². The van der Waals surface area contributed by atoms with Gasteiger partial charge in [0.1, 0.15) is 19.0 Å². The molecule has 0 aromatic heterocycles. The first-order valence-corrected chi connectivity index (χ1v) is 8.58. The van der Waals surface area contributed by atoms with Crippen LogP contribution in [0.25, 0.3) is 0 Å². The van der Waals surface area contributed by atoms with E-state index in [1.165, 1.54) is 0 Å². The highest BCUT2D eigenvalue weighted by Crippen LogP contribution is 2.40. The van der Waals surface area contributed by atoms with E-state index in [1.54, 1.807) is 26.4 Å². The minimum Gasteiger partial charge on any atom is -0.497 e. The van der Waals surface area contributed by atoms with Gasteiger partial charge in [-0.15, -0.1) is 0 Å². The minimum atomic E-state index is -0.192. The van der Waals surface area contributed by atoms with Gasteiger partial charge in [-0.25, -0.2) is 0 Å². The first-order valence-electron chi connectivity index (χ1n) is 8.58. The van der Waals surface area contributed by atoms with Crippen molar-refractivity contribution in [1.82, 2.24) is 5.32 Å². The second-order valence-electron chi connectivity index (χ2n) is 5.91. The normalized spacial score (nSPS) is 13.7. The van der Waals surface area contributed by atoms with Crippen molar-refractivity contribution in [1.29, 1.82) is 0 Å². The molecule has 6 nitrogen and oxygen atoms in total. The van der Waals surface area contributed by atoms with Crippen LogP contribution in [0, 0.1) is 0 Å². The zero-order valence-electron chi connectivity index (χ0n) is 15.2. The Balaban J connectivity index is 1.81. The van der Waals surface area contributed by atoms with Crippen LogP contribution in [0.4, 0.5) is 0 Å². The maximum atomic E-state index is 12.8. The standard InChI is InChI=1S/C20H23NO5/c1-4-16(13-5-7-15(23-2)8-6-13)21-20(22)14-11-17(24-3)19-18(12-14)25-9-10-26-19/h5-8,11-12,16H,4,9-10H2,1-3H3,(H,21,22)/t16-/m1/s1. The second-order valence-corrected chi connectivity index (χ2v) is 5.91. The summed E-state index contributed by atoms with van der Waals surface area (Å²) in [5.41, 5.74) is 1.49. The van der Waals surface area contributed by atoms with Gasteiger partial charge in [0.2, 0.25) is 5.75 Å². The number of hydrogen-bond acceptors (Lipinski definition) is 5. The molecule has 0 bridgehead atoms. The van der Waals surface area contributed by atoms with Gasteiger partial charge in [-0.3, -0.25) is 4.79 Å². The number of nitrogens with one attached hydrogen (secondary N) is 1. The van der Waals surface area contributed by atoms with Crippen molar-refractivity contribution in [3.05, 3.63) is 47.5 Å². The van der Waals surface area contributed by atoms with Crippen LogP contribution in [0.2, 0.25) is 0 Å². The Morgan fingerprint density at radius 2 is 1.85 bits per heavy atom. The summed E-state index contributed by atoms with van der Waals surface area (Å²) >= 11 is 0. The van der Waals surface area contributed by atoms with Gasteiger partial charge in [-0.05, 0) is 36.2 Å². The summed E-state index contributed by atoms with van der Waals surface area (Å²) in [6.07, 6.45) is 0.764. The summed E-state index contributed by atoms with van der Waals surface area (Å²) in [5.74, 6) is 2.15. The molecule has 0 unspecified atom stereocenters. The molecule has 0 spiro atoms. The van der Waals surface area contributed by atoms with Crippen LogP contribution in [-0.2, 0) is 0 Å². The Kier molecular flexibility index (Phi) is 5.51. The Bertz CT molecular complexity index is 755. The molecule has 0 radical (unpaired) electrons. The van der Waals surface area contributed by atoms with Crippen molar-refractivity contribution < 1.29 is 23.7 Å². The maximum absolute atomic E-state index is 12.8. The molecule has 2 aromatic rings. The van der Waals surface area contributed by atoms with Crippen LogP contribution in [0.1, 0.15) is 35.3 Å². The fraction of sp³-hybridized carbons (Fsp3) is 0.350. The van der Waals surface area contributed by atoms with E-state index in [-0.39, 0.29) is 11.9 Å². The van der Waals surface area contributed by atoms with Gasteiger partial charge < -0.3 is 24.3 Å². The van der Waals surface area contributed by atoms with Crippen molar-refractivity contribution in [2.75, 3.05) is 27.4 Å². The predicted molar refractivity (Wildman–Crippen MR) is 97.5 cm³/mol. The van der Waals surface area contributed by atoms with Crippen molar-refractivity contribution >= 4 is 5.91 Å². The first-order chi connectivity index (χ1) is 12.7. The Morgan fingerprint density at radius 1 is 1.12 bits per heavy atom. The molecule has 1 atom stereocenters. The third-order valence-electron chi connectivity index (χ3n) is 4.32. The molecule has 0 saturated carbocycles. The van der Waals surface area contributed by atoms with E-state index in [0.717, 1.165) is 17.7 Å². The molecule has 1 aliphatic rings. The highest BCUT2D eigenvalue weighted by atomic mass is 16.6. The van der Waals surface area contributed by atoms with Crippen LogP contribution >= 0.6 is 0 Å². The van der Waals surface area contributed by atoms with Gasteiger partial charge in [-0.2, -0.15) is 0 Å². The third kappa shape index (κ3) is 3.69. The average Bonchev–Trinajstić information content (AvgIpc) is 2.71. The lowest BCUT2D eigenvalue weighted by atomic mass is 10.0. The molecule has 0 fully saturated rings. The molecular formula is C20H23NO5. The van der Waals surface area contributed by atoms with Gasteiger partial charge in [0.25, 0.3) is 5.91 Å². The summed E-state index contributed by atoms with van der Waals surface area (Å²) in [6, 6.07) is 10.9. The zero-order valence-corrected chi connectivity index (χ0v) is 15.2. The molecule has 0 saturated heterocycles. The monoisotopic (exact) mass is 357 g/mol. The van der Waals surface area contributed by atoms with Crippen LogP contribution < -0.4 is 24.3 Å². The molecular weight excluding hydrogens is 334 g/mol. The number of benzene rings is 2. The van der Waals surface area contributed by atoms with Gasteiger partial charge in [0, 0.05) is 5.56 Å². The molecule has 6 heteroatoms. The topological polar surface area (TPSA) is 66.0 Å². The molecule has 0 aliphatic carbocycles. The van der Waals surface area contributed by atoms with Gasteiger partial charge in [0.05, 0.1) is 20.3 Å². The first kappa shape index (κ1) is 17.9. The number of carbonyl (C=O) groups excluding carboxylic acids is 1. The van der Waals surface area contributed by atoms with E-state index in [0.29, 0.717) is 36.0 Å². The molecule has 1 heterocycles. The number of rotatable bonds is 6. The van der Waals surface area contributed by atoms with E-state index in [9.17, 15) is 4.79 Å². The predicted octanol–water partition coefficient (Wildman–Crippen LogP) is 3.36. The molecule has 2 aromatic carbocycles. The van der Waals surface area contributed by atoms with E-state index >= 15 is 0 Å². The summed E-state index contributed by atoms with van der Waals surface area (Å²) in [7, 11) is 3.17. The van der Waals surface area contributed by atoms with Crippen LogP contribution in [-0.4, -0.2) is 33.3 Å². The summed E-state index contributed by atoms with van der Waals surface area (Å²) in [4.78, 5) is 12.8. The second kappa shape index (κ2) is 7.99. The lowest BCUT2D eigenvalue weighted by Crippen LogP contribution is -2.28. The van der Waals surface area contributed by atoms with Crippen LogP contribution in [0.3, 0.4) is 0 Å². The number of carbonyl (C=O) groups is 1. The Hall–Kier alpha value is -2.89. The summed E-state index contributed by atoms with van der Waals surface area (Å²) in [5, 5.41) is 3.06. The molecule has 138 valence electrons. The quantitative estimate of drug-likeness (QED) is 0.859. The highest BCUT2D eigenvalue weighted by molar-refractivity contribution is 5.96. The van der Waals surface area contributed by atoms with Crippen molar-refractivity contribution in [3.8, 4) is 23.0 Å². The molecule has 1 N–H and O–H groups in total. The smallest absolute Gasteiger partial charge is 0.252 e. The van der Waals surface area contributed by atoms with E-state index in [1.807, 2.05) is 31.2 Å². The lowest BCUT2D eigenvalue weighted by molar-refractivity contribution is 0.0933. The number of ether oxygens (including phenoxy) is 4. The molecule has 26 heavy (non-hydrogen) atoms. The van der Waals surface area contributed by atoms with E-state index < -0.39 is 0 Å². The number of methoxy groups -OCH3 is 2. The fourth-order valence-electron chi connectivity index (χ4n) is 2.90. The van der Waals surface area contributed by atoms with Crippen molar-refractivity contribution in [2.45, 2.75) is 19.4 Å². The molecule has 3 rings (SSSR count). The van der Waals surface area contributed by atoms with Gasteiger partial charge >= 0.3 is 0 Å². The number of fused-ring (bicyclic) bond motifs is 1. The van der Waals surface area contributed by atoms with Gasteiger partial charge in [-0.1, -0.05) is 19.1 Å². The summed E-state index contributed by atoms with van der Waals surface area (Å²) in [6.45, 7) is 2.94. The summed E-state index contributed by atoms with van der Waals surface area (Å²) < 4.78 is 21.7. The highest BCUT2D eigenvalue weighted by Gasteiger charge is 2.22. The number of amides is 1. The SMILES string of the molecule is CC[C@@H](NC(=O)c1cc(OC)c2c(c1)OCCO2)c1ccc(OC)cc1. The fourth-order valence-corrected chi connectivity index (χ4v) is 2.90. The largest absolute Gasteiger partial charge is 0.497 e.